The predicted molar refractivity (Wildman–Crippen MR) is 121 cm³/mol. The van der Waals surface area contributed by atoms with Crippen molar-refractivity contribution in [1.29, 1.82) is 0 Å². The first-order valence-electron chi connectivity index (χ1n) is 9.51. The number of aromatic nitrogens is 1. The van der Waals surface area contributed by atoms with Gasteiger partial charge >= 0.3 is 5.97 Å². The van der Waals surface area contributed by atoms with Gasteiger partial charge in [0.05, 0.1) is 7.11 Å². The average molecular weight is 458 g/mol. The van der Waals surface area contributed by atoms with Crippen LogP contribution in [0.5, 0.6) is 5.75 Å². The molecular formula is C22H23N3O6S. The summed E-state index contributed by atoms with van der Waals surface area (Å²) in [6, 6.07) is 11.2. The highest BCUT2D eigenvalue weighted by atomic mass is 32.2. The third-order valence-corrected chi connectivity index (χ3v) is 6.13. The number of carbonyl (C=O) groups excluding carboxylic acids is 1. The molecule has 0 aliphatic rings. The van der Waals surface area contributed by atoms with Gasteiger partial charge in [0.15, 0.2) is 0 Å². The molecule has 168 valence electrons. The highest BCUT2D eigenvalue weighted by Gasteiger charge is 2.20. The van der Waals surface area contributed by atoms with Crippen molar-refractivity contribution in [3.05, 3.63) is 60.3 Å². The van der Waals surface area contributed by atoms with E-state index in [2.05, 4.69) is 4.72 Å². The first kappa shape index (κ1) is 22.9. The van der Waals surface area contributed by atoms with Crippen molar-refractivity contribution < 1.29 is 27.9 Å². The summed E-state index contributed by atoms with van der Waals surface area (Å²) in [6.45, 7) is 0.176. The van der Waals surface area contributed by atoms with Gasteiger partial charge in [-0.25, -0.2) is 13.2 Å². The molecule has 9 nitrogen and oxygen atoms in total. The fourth-order valence-corrected chi connectivity index (χ4v) is 4.33. The molecule has 0 saturated carbocycles. The number of methoxy groups -OCH3 is 1. The number of sulfonamides is 1. The van der Waals surface area contributed by atoms with Gasteiger partial charge < -0.3 is 19.3 Å². The van der Waals surface area contributed by atoms with E-state index in [9.17, 15) is 18.0 Å². The Bertz CT molecular complexity index is 1310. The van der Waals surface area contributed by atoms with E-state index in [1.54, 1.807) is 55.2 Å². The van der Waals surface area contributed by atoms with E-state index < -0.39 is 16.0 Å². The highest BCUT2D eigenvalue weighted by molar-refractivity contribution is 7.92. The van der Waals surface area contributed by atoms with Crippen LogP contribution >= 0.6 is 0 Å². The van der Waals surface area contributed by atoms with Crippen molar-refractivity contribution in [3.8, 4) is 5.75 Å². The molecule has 0 fully saturated rings. The van der Waals surface area contributed by atoms with Crippen molar-refractivity contribution in [2.45, 2.75) is 11.4 Å². The van der Waals surface area contributed by atoms with Crippen molar-refractivity contribution in [1.82, 2.24) is 9.47 Å². The molecule has 0 spiro atoms. The van der Waals surface area contributed by atoms with Crippen LogP contribution in [0.15, 0.2) is 59.6 Å². The van der Waals surface area contributed by atoms with Gasteiger partial charge in [0.1, 0.15) is 17.2 Å². The molecule has 0 aliphatic heterocycles. The summed E-state index contributed by atoms with van der Waals surface area (Å²) >= 11 is 0. The lowest BCUT2D eigenvalue weighted by molar-refractivity contribution is -0.131. The van der Waals surface area contributed by atoms with Crippen LogP contribution in [0.2, 0.25) is 0 Å². The smallest absolute Gasteiger partial charge is 0.328 e. The minimum absolute atomic E-state index is 0.0591. The average Bonchev–Trinajstić information content (AvgIpc) is 3.13. The number of fused-ring (bicyclic) bond motifs is 1. The Morgan fingerprint density at radius 2 is 1.91 bits per heavy atom. The number of amides is 1. The van der Waals surface area contributed by atoms with Crippen LogP contribution in [-0.2, 0) is 26.2 Å². The number of likely N-dealkylation sites (N-methyl/N-ethyl adjacent to an activating group) is 1. The van der Waals surface area contributed by atoms with Crippen LogP contribution in [0.25, 0.3) is 17.0 Å². The number of rotatable bonds is 8. The Balaban J connectivity index is 1.91. The standard InChI is InChI=1S/C22H23N3O6S/c1-24(2)21(26)14-25-11-10-16-13-17(6-7-18(16)25)23-32(29,30)20-12-15(5-9-22(27)28)4-8-19(20)31-3/h4-13,23H,14H2,1-3H3,(H,27,28)/b9-5+. The van der Waals surface area contributed by atoms with Crippen molar-refractivity contribution in [2.24, 2.45) is 0 Å². The van der Waals surface area contributed by atoms with E-state index in [1.165, 1.54) is 30.2 Å². The monoisotopic (exact) mass is 457 g/mol. The molecule has 1 amide bonds. The minimum atomic E-state index is -4.03. The Labute approximate surface area is 185 Å². The quantitative estimate of drug-likeness (QED) is 0.502. The lowest BCUT2D eigenvalue weighted by Gasteiger charge is -2.13. The molecule has 3 aromatic rings. The SMILES string of the molecule is COc1ccc(/C=C/C(=O)O)cc1S(=O)(=O)Nc1ccc2c(ccn2CC(=O)N(C)C)c1. The topological polar surface area (TPSA) is 118 Å². The van der Waals surface area contributed by atoms with E-state index in [1.807, 2.05) is 0 Å². The molecule has 0 aliphatic carbocycles. The Morgan fingerprint density at radius 1 is 1.16 bits per heavy atom. The largest absolute Gasteiger partial charge is 0.495 e. The molecule has 0 saturated heterocycles. The third-order valence-electron chi connectivity index (χ3n) is 4.72. The van der Waals surface area contributed by atoms with Gasteiger partial charge in [-0.15, -0.1) is 0 Å². The number of carboxylic acid groups (broad SMARTS) is 1. The predicted octanol–water partition coefficient (Wildman–Crippen LogP) is 2.64. The zero-order valence-electron chi connectivity index (χ0n) is 17.8. The number of nitrogens with zero attached hydrogens (tertiary/aromatic N) is 2. The van der Waals surface area contributed by atoms with E-state index in [4.69, 9.17) is 9.84 Å². The highest BCUT2D eigenvalue weighted by Crippen LogP contribution is 2.29. The minimum Gasteiger partial charge on any atom is -0.495 e. The van der Waals surface area contributed by atoms with E-state index in [-0.39, 0.29) is 23.1 Å². The van der Waals surface area contributed by atoms with Crippen molar-refractivity contribution >= 4 is 44.6 Å². The van der Waals surface area contributed by atoms with Crippen molar-refractivity contribution in [3.63, 3.8) is 0 Å². The molecule has 1 aromatic heterocycles. The molecule has 2 N–H and O–H groups in total. The molecular weight excluding hydrogens is 434 g/mol. The first-order chi connectivity index (χ1) is 15.1. The number of hydrogen-bond donors (Lipinski definition) is 2. The van der Waals surface area contributed by atoms with Crippen LogP contribution in [0, 0.1) is 0 Å². The van der Waals surface area contributed by atoms with Gasteiger partial charge in [0.2, 0.25) is 5.91 Å². The van der Waals surface area contributed by atoms with Crippen LogP contribution in [0.3, 0.4) is 0 Å². The number of nitrogens with one attached hydrogen (secondary N) is 1. The number of benzene rings is 2. The molecule has 0 bridgehead atoms. The number of ether oxygens (including phenoxy) is 1. The second kappa shape index (κ2) is 9.15. The van der Waals surface area contributed by atoms with Gasteiger partial charge in [-0.1, -0.05) is 6.07 Å². The lowest BCUT2D eigenvalue weighted by Crippen LogP contribution is -2.25. The number of carbonyl (C=O) groups is 2. The normalized spacial score (nSPS) is 11.6. The van der Waals surface area contributed by atoms with Crippen LogP contribution in [0.4, 0.5) is 5.69 Å². The molecule has 0 atom stereocenters. The van der Waals surface area contributed by atoms with Gasteiger partial charge in [0.25, 0.3) is 10.0 Å². The number of carboxylic acids is 1. The van der Waals surface area contributed by atoms with Crippen LogP contribution in [-0.4, -0.2) is 56.1 Å². The van der Waals surface area contributed by atoms with E-state index >= 15 is 0 Å². The molecule has 1 heterocycles. The van der Waals surface area contributed by atoms with Gasteiger partial charge in [-0.3, -0.25) is 9.52 Å². The molecule has 0 radical (unpaired) electrons. The summed E-state index contributed by atoms with van der Waals surface area (Å²) in [7, 11) is 0.683. The second-order valence-corrected chi connectivity index (χ2v) is 8.84. The zero-order valence-corrected chi connectivity index (χ0v) is 18.6. The van der Waals surface area contributed by atoms with Crippen molar-refractivity contribution in [2.75, 3.05) is 25.9 Å². The Morgan fingerprint density at radius 3 is 2.56 bits per heavy atom. The molecule has 2 aromatic carbocycles. The number of aliphatic carboxylic acids is 1. The van der Waals surface area contributed by atoms with Crippen LogP contribution in [0.1, 0.15) is 5.56 Å². The number of hydrogen-bond acceptors (Lipinski definition) is 5. The molecule has 3 rings (SSSR count). The lowest BCUT2D eigenvalue weighted by atomic mass is 10.2. The number of anilines is 1. The fraction of sp³-hybridized carbons (Fsp3) is 0.182. The second-order valence-electron chi connectivity index (χ2n) is 7.19. The van der Waals surface area contributed by atoms with Gasteiger partial charge in [-0.2, -0.15) is 0 Å². The maximum Gasteiger partial charge on any atom is 0.328 e. The van der Waals surface area contributed by atoms with E-state index in [0.29, 0.717) is 11.3 Å². The molecule has 0 unspecified atom stereocenters. The first-order valence-corrected chi connectivity index (χ1v) is 11.0. The third kappa shape index (κ3) is 5.09. The van der Waals surface area contributed by atoms with E-state index in [0.717, 1.165) is 17.0 Å². The summed E-state index contributed by atoms with van der Waals surface area (Å²) in [6.07, 6.45) is 3.99. The summed E-state index contributed by atoms with van der Waals surface area (Å²) in [5.74, 6) is -1.08. The maximum absolute atomic E-state index is 13.0. The fourth-order valence-electron chi connectivity index (χ4n) is 3.07. The zero-order chi connectivity index (χ0) is 23.5. The summed E-state index contributed by atoms with van der Waals surface area (Å²) in [4.78, 5) is 24.1. The Hall–Kier alpha value is -3.79. The summed E-state index contributed by atoms with van der Waals surface area (Å²) in [5, 5.41) is 9.56. The van der Waals surface area contributed by atoms with Crippen LogP contribution < -0.4 is 9.46 Å². The Kier molecular flexibility index (Phi) is 6.54. The summed E-state index contributed by atoms with van der Waals surface area (Å²) in [5.41, 5.74) is 1.52. The maximum atomic E-state index is 13.0. The van der Waals surface area contributed by atoms with Gasteiger partial charge in [-0.05, 0) is 48.0 Å². The molecule has 32 heavy (non-hydrogen) atoms. The molecule has 10 heteroatoms. The summed E-state index contributed by atoms with van der Waals surface area (Å²) < 4.78 is 35.6. The van der Waals surface area contributed by atoms with Gasteiger partial charge in [0, 0.05) is 43.0 Å².